The molecule has 23 heavy (non-hydrogen) atoms. The predicted molar refractivity (Wildman–Crippen MR) is 92.1 cm³/mol. The van der Waals surface area contributed by atoms with E-state index in [2.05, 4.69) is 4.98 Å². The molecule has 2 heterocycles. The van der Waals surface area contributed by atoms with E-state index < -0.39 is 5.97 Å². The highest BCUT2D eigenvalue weighted by molar-refractivity contribution is 6.36. The smallest absolute Gasteiger partial charge is 0.328 e. The number of aromatic nitrogens is 2. The van der Waals surface area contributed by atoms with Crippen LogP contribution in [0, 0.1) is 6.92 Å². The number of pyridine rings is 1. The molecule has 3 rings (SSSR count). The van der Waals surface area contributed by atoms with Crippen molar-refractivity contribution >= 4 is 40.9 Å². The van der Waals surface area contributed by atoms with E-state index in [9.17, 15) is 4.79 Å². The van der Waals surface area contributed by atoms with Gasteiger partial charge < -0.3 is 5.11 Å². The fourth-order valence-corrected chi connectivity index (χ4v) is 2.86. The number of benzene rings is 1. The van der Waals surface area contributed by atoms with Crippen LogP contribution in [0.5, 0.6) is 0 Å². The Balaban J connectivity index is 2.30. The summed E-state index contributed by atoms with van der Waals surface area (Å²) in [5, 5.41) is 9.92. The third-order valence-electron chi connectivity index (χ3n) is 3.37. The molecule has 0 radical (unpaired) electrons. The van der Waals surface area contributed by atoms with Crippen molar-refractivity contribution in [2.24, 2.45) is 0 Å². The first kappa shape index (κ1) is 15.6. The molecule has 3 aromatic rings. The molecule has 0 bridgehead atoms. The summed E-state index contributed by atoms with van der Waals surface area (Å²) < 4.78 is 1.84. The first-order valence-corrected chi connectivity index (χ1v) is 7.56. The van der Waals surface area contributed by atoms with Crippen molar-refractivity contribution in [3.8, 4) is 11.3 Å². The molecular formula is C17H12Cl2N2O2. The average Bonchev–Trinajstić information content (AvgIpc) is 2.82. The van der Waals surface area contributed by atoms with Crippen LogP contribution in [-0.4, -0.2) is 20.5 Å². The molecule has 0 saturated carbocycles. The number of aliphatic carboxylic acids is 1. The van der Waals surface area contributed by atoms with Crippen molar-refractivity contribution in [2.75, 3.05) is 0 Å². The van der Waals surface area contributed by atoms with Gasteiger partial charge in [0, 0.05) is 22.9 Å². The number of carboxylic acids is 1. The monoisotopic (exact) mass is 346 g/mol. The Kier molecular flexibility index (Phi) is 4.11. The molecule has 0 aliphatic heterocycles. The Bertz CT molecular complexity index is 945. The molecular weight excluding hydrogens is 335 g/mol. The summed E-state index contributed by atoms with van der Waals surface area (Å²) in [7, 11) is 0. The van der Waals surface area contributed by atoms with E-state index in [4.69, 9.17) is 28.3 Å². The zero-order valence-electron chi connectivity index (χ0n) is 12.1. The van der Waals surface area contributed by atoms with Crippen LogP contribution in [0.15, 0.2) is 42.6 Å². The molecule has 116 valence electrons. The molecule has 0 aliphatic carbocycles. The van der Waals surface area contributed by atoms with Crippen LogP contribution in [0.3, 0.4) is 0 Å². The summed E-state index contributed by atoms with van der Waals surface area (Å²) in [5.41, 5.74) is 3.70. The Morgan fingerprint density at radius 1 is 1.26 bits per heavy atom. The zero-order valence-corrected chi connectivity index (χ0v) is 13.6. The van der Waals surface area contributed by atoms with E-state index in [0.29, 0.717) is 32.6 Å². The van der Waals surface area contributed by atoms with Gasteiger partial charge in [0.05, 0.1) is 16.4 Å². The van der Waals surface area contributed by atoms with E-state index >= 15 is 0 Å². The maximum absolute atomic E-state index is 10.9. The molecule has 6 heteroatoms. The number of carboxylic acid groups (broad SMARTS) is 1. The standard InChI is InChI=1S/C17H12Cl2N2O2/c1-10-2-6-15-20-17(12-4-3-11(18)8-13(12)19)14(21(15)9-10)5-7-16(22)23/h2-9H,1H3,(H,22,23)/b7-5+. The second-order valence-electron chi connectivity index (χ2n) is 5.08. The Labute approximate surface area is 142 Å². The van der Waals surface area contributed by atoms with Gasteiger partial charge in [-0.3, -0.25) is 4.40 Å². The van der Waals surface area contributed by atoms with Crippen molar-refractivity contribution < 1.29 is 9.90 Å². The molecule has 0 spiro atoms. The summed E-state index contributed by atoms with van der Waals surface area (Å²) in [6.45, 7) is 1.96. The molecule has 0 saturated heterocycles. The lowest BCUT2D eigenvalue weighted by atomic mass is 10.1. The molecule has 0 atom stereocenters. The lowest BCUT2D eigenvalue weighted by Gasteiger charge is -2.04. The van der Waals surface area contributed by atoms with Crippen LogP contribution in [-0.2, 0) is 4.79 Å². The SMILES string of the molecule is Cc1ccc2nc(-c3ccc(Cl)cc3Cl)c(/C=C/C(=O)O)n2c1. The molecule has 4 nitrogen and oxygen atoms in total. The van der Waals surface area contributed by atoms with Gasteiger partial charge in [-0.15, -0.1) is 0 Å². The second kappa shape index (κ2) is 6.07. The third kappa shape index (κ3) is 3.09. The summed E-state index contributed by atoms with van der Waals surface area (Å²) in [6, 6.07) is 8.96. The van der Waals surface area contributed by atoms with E-state index in [1.807, 2.05) is 29.7 Å². The van der Waals surface area contributed by atoms with Gasteiger partial charge in [-0.25, -0.2) is 9.78 Å². The van der Waals surface area contributed by atoms with E-state index in [-0.39, 0.29) is 0 Å². The highest BCUT2D eigenvalue weighted by Crippen LogP contribution is 2.33. The highest BCUT2D eigenvalue weighted by Gasteiger charge is 2.15. The molecule has 0 aliphatic rings. The van der Waals surface area contributed by atoms with Crippen molar-refractivity contribution in [2.45, 2.75) is 6.92 Å². The molecule has 1 N–H and O–H groups in total. The number of hydrogen-bond donors (Lipinski definition) is 1. The molecule has 2 aromatic heterocycles. The van der Waals surface area contributed by atoms with Gasteiger partial charge in [0.2, 0.25) is 0 Å². The topological polar surface area (TPSA) is 54.6 Å². The number of fused-ring (bicyclic) bond motifs is 1. The molecule has 0 fully saturated rings. The second-order valence-corrected chi connectivity index (χ2v) is 5.92. The number of nitrogens with zero attached hydrogens (tertiary/aromatic N) is 2. The van der Waals surface area contributed by atoms with E-state index in [1.165, 1.54) is 6.08 Å². The Hall–Kier alpha value is -2.30. The van der Waals surface area contributed by atoms with Crippen LogP contribution in [0.1, 0.15) is 11.3 Å². The van der Waals surface area contributed by atoms with Gasteiger partial charge in [0.15, 0.2) is 0 Å². The lowest BCUT2D eigenvalue weighted by molar-refractivity contribution is -0.131. The first-order valence-electron chi connectivity index (χ1n) is 6.81. The summed E-state index contributed by atoms with van der Waals surface area (Å²) in [5.74, 6) is -1.03. The van der Waals surface area contributed by atoms with Gasteiger partial charge in [-0.2, -0.15) is 0 Å². The number of hydrogen-bond acceptors (Lipinski definition) is 2. The maximum Gasteiger partial charge on any atom is 0.328 e. The quantitative estimate of drug-likeness (QED) is 0.698. The Morgan fingerprint density at radius 3 is 2.74 bits per heavy atom. The van der Waals surface area contributed by atoms with E-state index in [1.54, 1.807) is 18.2 Å². The molecule has 0 amide bonds. The summed E-state index contributed by atoms with van der Waals surface area (Å²) >= 11 is 12.2. The van der Waals surface area contributed by atoms with Crippen molar-refractivity contribution in [3.05, 3.63) is 63.9 Å². The van der Waals surface area contributed by atoms with Gasteiger partial charge >= 0.3 is 5.97 Å². The van der Waals surface area contributed by atoms with E-state index in [0.717, 1.165) is 11.6 Å². The minimum atomic E-state index is -1.03. The summed E-state index contributed by atoms with van der Waals surface area (Å²) in [4.78, 5) is 15.5. The van der Waals surface area contributed by atoms with Gasteiger partial charge in [0.1, 0.15) is 5.65 Å². The average molecular weight is 347 g/mol. The number of rotatable bonds is 3. The fourth-order valence-electron chi connectivity index (χ4n) is 2.36. The van der Waals surface area contributed by atoms with Crippen LogP contribution in [0.2, 0.25) is 10.0 Å². The van der Waals surface area contributed by atoms with Crippen molar-refractivity contribution in [1.82, 2.24) is 9.38 Å². The van der Waals surface area contributed by atoms with Crippen LogP contribution in [0.25, 0.3) is 23.0 Å². The first-order chi connectivity index (χ1) is 11.0. The predicted octanol–water partition coefficient (Wildman–Crippen LogP) is 4.71. The largest absolute Gasteiger partial charge is 0.478 e. The minimum Gasteiger partial charge on any atom is -0.478 e. The maximum atomic E-state index is 10.9. The van der Waals surface area contributed by atoms with Crippen molar-refractivity contribution in [3.63, 3.8) is 0 Å². The lowest BCUT2D eigenvalue weighted by Crippen LogP contribution is -1.92. The van der Waals surface area contributed by atoms with Gasteiger partial charge in [-0.05, 0) is 42.8 Å². The van der Waals surface area contributed by atoms with Crippen LogP contribution >= 0.6 is 23.2 Å². The molecule has 1 aromatic carbocycles. The van der Waals surface area contributed by atoms with Gasteiger partial charge in [0.25, 0.3) is 0 Å². The zero-order chi connectivity index (χ0) is 16.6. The normalized spacial score (nSPS) is 11.4. The number of aryl methyl sites for hydroxylation is 1. The third-order valence-corrected chi connectivity index (χ3v) is 3.92. The van der Waals surface area contributed by atoms with Crippen molar-refractivity contribution in [1.29, 1.82) is 0 Å². The van der Waals surface area contributed by atoms with Crippen LogP contribution in [0.4, 0.5) is 0 Å². The van der Waals surface area contributed by atoms with Crippen LogP contribution < -0.4 is 0 Å². The fraction of sp³-hybridized carbons (Fsp3) is 0.0588. The summed E-state index contributed by atoms with van der Waals surface area (Å²) in [6.07, 6.45) is 4.50. The van der Waals surface area contributed by atoms with Gasteiger partial charge in [-0.1, -0.05) is 29.3 Å². The minimum absolute atomic E-state index is 0.461. The Morgan fingerprint density at radius 2 is 2.04 bits per heavy atom. The number of halogens is 2. The number of carbonyl (C=O) groups is 1. The molecule has 0 unspecified atom stereocenters. The number of imidazole rings is 1. The highest BCUT2D eigenvalue weighted by atomic mass is 35.5.